The molecule has 1 aromatic rings. The zero-order valence-electron chi connectivity index (χ0n) is 13.9. The molecule has 0 radical (unpaired) electrons. The van der Waals surface area contributed by atoms with Gasteiger partial charge >= 0.3 is 5.97 Å². The average Bonchev–Trinajstić information content (AvgIpc) is 2.43. The van der Waals surface area contributed by atoms with Gasteiger partial charge in [-0.15, -0.1) is 0 Å². The second kappa shape index (κ2) is 7.22. The number of likely N-dealkylation sites (N-methyl/N-ethyl adjacent to an activating group) is 1. The minimum absolute atomic E-state index is 0.183. The van der Waals surface area contributed by atoms with E-state index in [0.29, 0.717) is 6.42 Å². The number of aryl methyl sites for hydroxylation is 2. The highest BCUT2D eigenvalue weighted by Gasteiger charge is 2.34. The second-order valence-electron chi connectivity index (χ2n) is 5.51. The van der Waals surface area contributed by atoms with Crippen molar-refractivity contribution in [3.8, 4) is 0 Å². The summed E-state index contributed by atoms with van der Waals surface area (Å²) in [5, 5.41) is 3.99. The van der Waals surface area contributed by atoms with E-state index in [4.69, 9.17) is 4.74 Å². The van der Waals surface area contributed by atoms with E-state index in [1.807, 2.05) is 27.7 Å². The summed E-state index contributed by atoms with van der Waals surface area (Å²) >= 11 is 1.58. The van der Waals surface area contributed by atoms with Crippen molar-refractivity contribution in [2.24, 2.45) is 0 Å². The van der Waals surface area contributed by atoms with Gasteiger partial charge in [-0.25, -0.2) is 9.97 Å². The van der Waals surface area contributed by atoms with Crippen LogP contribution in [0.4, 0.5) is 0 Å². The summed E-state index contributed by atoms with van der Waals surface area (Å²) in [4.78, 5) is 20.9. The number of methoxy groups -OCH3 is 1. The zero-order chi connectivity index (χ0) is 16.2. The molecule has 0 amide bonds. The fourth-order valence-electron chi connectivity index (χ4n) is 2.10. The molecule has 0 fully saturated rings. The predicted octanol–water partition coefficient (Wildman–Crippen LogP) is 2.42. The van der Waals surface area contributed by atoms with Crippen molar-refractivity contribution in [2.75, 3.05) is 14.2 Å². The normalized spacial score (nSPS) is 15.4. The van der Waals surface area contributed by atoms with Gasteiger partial charge in [-0.05, 0) is 46.7 Å². The molecular formula is C15H25N3O2S. The Morgan fingerprint density at radius 3 is 2.29 bits per heavy atom. The van der Waals surface area contributed by atoms with E-state index in [1.54, 1.807) is 18.8 Å². The third kappa shape index (κ3) is 4.41. The van der Waals surface area contributed by atoms with Gasteiger partial charge in [0.05, 0.1) is 7.11 Å². The fourth-order valence-corrected chi connectivity index (χ4v) is 3.26. The summed E-state index contributed by atoms with van der Waals surface area (Å²) in [7, 11) is 3.18. The first-order valence-electron chi connectivity index (χ1n) is 6.99. The van der Waals surface area contributed by atoms with Crippen LogP contribution in [-0.2, 0) is 9.53 Å². The summed E-state index contributed by atoms with van der Waals surface area (Å²) in [5.74, 6) is -0.255. The third-order valence-corrected chi connectivity index (χ3v) is 4.76. The number of nitrogens with zero attached hydrogens (tertiary/aromatic N) is 2. The van der Waals surface area contributed by atoms with E-state index in [2.05, 4.69) is 22.2 Å². The molecule has 0 spiro atoms. The summed E-state index contributed by atoms with van der Waals surface area (Å²) in [6.07, 6.45) is 0.635. The van der Waals surface area contributed by atoms with E-state index in [1.165, 1.54) is 7.11 Å². The van der Waals surface area contributed by atoms with Crippen LogP contribution in [0.15, 0.2) is 5.16 Å². The Morgan fingerprint density at radius 1 is 1.33 bits per heavy atom. The number of hydrogen-bond acceptors (Lipinski definition) is 6. The van der Waals surface area contributed by atoms with Crippen molar-refractivity contribution in [1.82, 2.24) is 15.3 Å². The van der Waals surface area contributed by atoms with E-state index in [-0.39, 0.29) is 11.2 Å². The molecule has 0 bridgehead atoms. The molecule has 1 N–H and O–H groups in total. The molecule has 0 aliphatic heterocycles. The first-order chi connectivity index (χ1) is 9.73. The average molecular weight is 311 g/mol. The SMILES string of the molecule is CNC(C)(CC(C)Sc1nc(C)c(C)c(C)n1)C(=O)OC. The van der Waals surface area contributed by atoms with Gasteiger partial charge in [0.2, 0.25) is 0 Å². The summed E-state index contributed by atoms with van der Waals surface area (Å²) < 4.78 is 4.87. The highest BCUT2D eigenvalue weighted by Crippen LogP contribution is 2.28. The molecule has 6 heteroatoms. The molecule has 0 aliphatic rings. The maximum atomic E-state index is 11.9. The quantitative estimate of drug-likeness (QED) is 0.494. The lowest BCUT2D eigenvalue weighted by molar-refractivity contribution is -0.147. The summed E-state index contributed by atoms with van der Waals surface area (Å²) in [6, 6.07) is 0. The predicted molar refractivity (Wildman–Crippen MR) is 85.7 cm³/mol. The molecule has 0 aromatic carbocycles. The van der Waals surface area contributed by atoms with Crippen LogP contribution in [0.25, 0.3) is 0 Å². The lowest BCUT2D eigenvalue weighted by atomic mass is 9.96. The van der Waals surface area contributed by atoms with Gasteiger partial charge in [-0.2, -0.15) is 0 Å². The first-order valence-corrected chi connectivity index (χ1v) is 7.87. The Bertz CT molecular complexity index is 499. The Hall–Kier alpha value is -1.14. The fraction of sp³-hybridized carbons (Fsp3) is 0.667. The molecule has 21 heavy (non-hydrogen) atoms. The second-order valence-corrected chi connectivity index (χ2v) is 6.91. The van der Waals surface area contributed by atoms with Gasteiger partial charge in [0.1, 0.15) is 5.54 Å². The van der Waals surface area contributed by atoms with Crippen LogP contribution < -0.4 is 5.32 Å². The minimum Gasteiger partial charge on any atom is -0.468 e. The standard InChI is InChI=1S/C15H25N3O2S/c1-9(8-15(5,16-6)13(19)20-7)21-14-17-11(3)10(2)12(4)18-14/h9,16H,8H2,1-7H3. The van der Waals surface area contributed by atoms with E-state index < -0.39 is 5.54 Å². The van der Waals surface area contributed by atoms with Gasteiger partial charge in [0.15, 0.2) is 5.16 Å². The Kier molecular flexibility index (Phi) is 6.16. The first kappa shape index (κ1) is 17.9. The highest BCUT2D eigenvalue weighted by molar-refractivity contribution is 7.99. The van der Waals surface area contributed by atoms with Crippen molar-refractivity contribution < 1.29 is 9.53 Å². The number of thioether (sulfide) groups is 1. The van der Waals surface area contributed by atoms with Crippen molar-refractivity contribution in [2.45, 2.75) is 57.0 Å². The number of carbonyl (C=O) groups excluding carboxylic acids is 1. The number of aromatic nitrogens is 2. The summed E-state index contributed by atoms with van der Waals surface area (Å²) in [6.45, 7) is 9.92. The molecule has 0 aliphatic carbocycles. The monoisotopic (exact) mass is 311 g/mol. The molecule has 1 heterocycles. The number of nitrogens with one attached hydrogen (secondary N) is 1. The smallest absolute Gasteiger partial charge is 0.325 e. The Balaban J connectivity index is 2.82. The van der Waals surface area contributed by atoms with E-state index >= 15 is 0 Å². The van der Waals surface area contributed by atoms with Crippen molar-refractivity contribution in [3.05, 3.63) is 17.0 Å². The Morgan fingerprint density at radius 2 is 1.86 bits per heavy atom. The molecule has 1 aromatic heterocycles. The van der Waals surface area contributed by atoms with Crippen molar-refractivity contribution in [1.29, 1.82) is 0 Å². The van der Waals surface area contributed by atoms with E-state index in [0.717, 1.165) is 22.1 Å². The van der Waals surface area contributed by atoms with Crippen molar-refractivity contribution in [3.63, 3.8) is 0 Å². The van der Waals surface area contributed by atoms with Crippen LogP contribution in [0.3, 0.4) is 0 Å². The largest absolute Gasteiger partial charge is 0.468 e. The molecular weight excluding hydrogens is 286 g/mol. The number of rotatable bonds is 6. The number of carbonyl (C=O) groups is 1. The van der Waals surface area contributed by atoms with Crippen LogP contribution in [0, 0.1) is 20.8 Å². The number of ether oxygens (including phenoxy) is 1. The lowest BCUT2D eigenvalue weighted by Gasteiger charge is -2.28. The Labute approximate surface area is 131 Å². The van der Waals surface area contributed by atoms with Crippen LogP contribution in [0.5, 0.6) is 0 Å². The maximum absolute atomic E-state index is 11.9. The molecule has 118 valence electrons. The van der Waals surface area contributed by atoms with Crippen LogP contribution in [-0.4, -0.2) is 40.9 Å². The van der Waals surface area contributed by atoms with Gasteiger partial charge in [0.25, 0.3) is 0 Å². The van der Waals surface area contributed by atoms with Gasteiger partial charge in [-0.3, -0.25) is 4.79 Å². The van der Waals surface area contributed by atoms with Gasteiger partial charge < -0.3 is 10.1 Å². The third-order valence-electron chi connectivity index (χ3n) is 3.80. The molecule has 5 nitrogen and oxygen atoms in total. The molecule has 1 rings (SSSR count). The maximum Gasteiger partial charge on any atom is 0.325 e. The highest BCUT2D eigenvalue weighted by atomic mass is 32.2. The molecule has 0 saturated heterocycles. The summed E-state index contributed by atoms with van der Waals surface area (Å²) in [5.41, 5.74) is 2.43. The van der Waals surface area contributed by atoms with Gasteiger partial charge in [-0.1, -0.05) is 18.7 Å². The molecule has 2 unspecified atom stereocenters. The van der Waals surface area contributed by atoms with Crippen LogP contribution in [0.1, 0.15) is 37.2 Å². The van der Waals surface area contributed by atoms with Crippen LogP contribution in [0.2, 0.25) is 0 Å². The zero-order valence-corrected chi connectivity index (χ0v) is 14.7. The number of hydrogen-bond donors (Lipinski definition) is 1. The van der Waals surface area contributed by atoms with Crippen LogP contribution >= 0.6 is 11.8 Å². The number of esters is 1. The molecule has 2 atom stereocenters. The minimum atomic E-state index is -0.698. The van der Waals surface area contributed by atoms with Gasteiger partial charge in [0, 0.05) is 16.6 Å². The lowest BCUT2D eigenvalue weighted by Crippen LogP contribution is -2.49. The molecule has 0 saturated carbocycles. The van der Waals surface area contributed by atoms with Crippen molar-refractivity contribution >= 4 is 17.7 Å². The van der Waals surface area contributed by atoms with E-state index in [9.17, 15) is 4.79 Å². The topological polar surface area (TPSA) is 64.1 Å².